The molecule has 8 heteroatoms. The summed E-state index contributed by atoms with van der Waals surface area (Å²) in [5.41, 5.74) is 0. The average molecular weight is 234 g/mol. The lowest BCUT2D eigenvalue weighted by atomic mass is 10.1. The highest BCUT2D eigenvalue weighted by molar-refractivity contribution is 8.48. The molecule has 0 N–H and O–H groups in total. The highest BCUT2D eigenvalue weighted by Crippen LogP contribution is 3.02. The van der Waals surface area contributed by atoms with Crippen molar-refractivity contribution in [2.45, 2.75) is 0 Å². The second kappa shape index (κ2) is 2.08. The molecular weight excluding hydrogens is 231 g/mol. The van der Waals surface area contributed by atoms with E-state index in [9.17, 15) is 29.0 Å². The van der Waals surface area contributed by atoms with Crippen molar-refractivity contribution in [2.24, 2.45) is 0 Å². The predicted molar refractivity (Wildman–Crippen MR) is 40.4 cm³/mol. The first-order valence-corrected chi connectivity index (χ1v) is 5.07. The maximum Gasteiger partial charge on any atom is 0.310 e. The maximum absolute atomic E-state index is 12.0. The van der Waals surface area contributed by atoms with Crippen LogP contribution in [-0.4, -0.2) is 11.6 Å². The molecule has 1 rings (SSSR count). The van der Waals surface area contributed by atoms with E-state index in [1.807, 2.05) is 0 Å². The van der Waals surface area contributed by atoms with Crippen LogP contribution in [0.5, 0.6) is 0 Å². The van der Waals surface area contributed by atoms with Crippen molar-refractivity contribution in [3.63, 3.8) is 0 Å². The van der Waals surface area contributed by atoms with Crippen LogP contribution in [0.2, 0.25) is 0 Å². The second-order valence-corrected chi connectivity index (χ2v) is 4.99. The van der Waals surface area contributed by atoms with E-state index in [0.717, 1.165) is 0 Å². The molecule has 0 atom stereocenters. The Hall–Kier alpha value is -1.18. The fourth-order valence-corrected chi connectivity index (χ4v) is 1.38. The van der Waals surface area contributed by atoms with Gasteiger partial charge in [0.05, 0.1) is 0 Å². The molecule has 2 nitrogen and oxygen atoms in total. The number of halogens is 5. The smallest absolute Gasteiger partial charge is 0.286 e. The molecule has 1 aliphatic rings. The minimum Gasteiger partial charge on any atom is -0.286 e. The topological polar surface area (TPSA) is 34.1 Å². The summed E-state index contributed by atoms with van der Waals surface area (Å²) in [6, 6.07) is 0. The van der Waals surface area contributed by atoms with Gasteiger partial charge in [0.2, 0.25) is 11.6 Å². The highest BCUT2D eigenvalue weighted by atomic mass is 32.5. The summed E-state index contributed by atoms with van der Waals surface area (Å²) in [5, 5.41) is 0. The molecule has 0 saturated heterocycles. The summed E-state index contributed by atoms with van der Waals surface area (Å²) in [5.74, 6) is -2.86. The van der Waals surface area contributed by atoms with Crippen LogP contribution < -0.4 is 0 Å². The van der Waals surface area contributed by atoms with Gasteiger partial charge in [-0.05, 0) is 12.2 Å². The molecule has 0 bridgehead atoms. The molecule has 80 valence electrons. The van der Waals surface area contributed by atoms with E-state index < -0.39 is 26.7 Å². The molecule has 14 heavy (non-hydrogen) atoms. The molecule has 0 heterocycles. The van der Waals surface area contributed by atoms with Crippen LogP contribution in [-0.2, 0) is 9.59 Å². The summed E-state index contributed by atoms with van der Waals surface area (Å²) < 4.78 is 60.1. The molecule has 0 aliphatic heterocycles. The van der Waals surface area contributed by atoms with E-state index >= 15 is 0 Å². The molecule has 0 amide bonds. The van der Waals surface area contributed by atoms with E-state index in [4.69, 9.17) is 0 Å². The molecular formula is C6H3F5O2S. The lowest BCUT2D eigenvalue weighted by Gasteiger charge is -2.41. The molecule has 0 aromatic rings. The van der Waals surface area contributed by atoms with Crippen molar-refractivity contribution < 1.29 is 29.0 Å². The van der Waals surface area contributed by atoms with Gasteiger partial charge in [0.25, 0.3) is 0 Å². The first-order chi connectivity index (χ1) is 5.90. The summed E-state index contributed by atoms with van der Waals surface area (Å²) in [6.07, 6.45) is -0.301. The molecule has 0 aromatic carbocycles. The molecule has 0 fully saturated rings. The third-order valence-electron chi connectivity index (χ3n) is 1.36. The Kier molecular flexibility index (Phi) is 1.62. The molecule has 0 aromatic heterocycles. The van der Waals surface area contributed by atoms with Crippen molar-refractivity contribution in [2.75, 3.05) is 0 Å². The minimum absolute atomic E-state index is 0.0920. The number of hydrogen-bond donors (Lipinski definition) is 0. The van der Waals surface area contributed by atoms with E-state index in [2.05, 4.69) is 0 Å². The van der Waals surface area contributed by atoms with Crippen molar-refractivity contribution in [3.8, 4) is 0 Å². The Morgan fingerprint density at radius 1 is 0.857 bits per heavy atom. The van der Waals surface area contributed by atoms with E-state index in [1.165, 1.54) is 0 Å². The largest absolute Gasteiger partial charge is 0.310 e. The van der Waals surface area contributed by atoms with Gasteiger partial charge in [0, 0.05) is 6.08 Å². The third kappa shape index (κ3) is 2.19. The number of allylic oxidation sites excluding steroid dienone is 3. The van der Waals surface area contributed by atoms with E-state index in [-0.39, 0.29) is 18.2 Å². The van der Waals surface area contributed by atoms with Crippen LogP contribution in [0, 0.1) is 0 Å². The average Bonchev–Trinajstić information content (AvgIpc) is 1.89. The first-order valence-electron chi connectivity index (χ1n) is 3.12. The van der Waals surface area contributed by atoms with Gasteiger partial charge in [0.15, 0.2) is 0 Å². The highest BCUT2D eigenvalue weighted by Gasteiger charge is 2.66. The van der Waals surface area contributed by atoms with Crippen molar-refractivity contribution in [3.05, 3.63) is 23.1 Å². The lowest BCUT2D eigenvalue weighted by molar-refractivity contribution is -0.131. The first kappa shape index (κ1) is 10.9. The Bertz CT molecular complexity index is 387. The zero-order valence-electron chi connectivity index (χ0n) is 6.35. The fourth-order valence-electron chi connectivity index (χ4n) is 0.728. The molecule has 0 unspecified atom stereocenters. The van der Waals surface area contributed by atoms with Crippen LogP contribution in [0.3, 0.4) is 0 Å². The van der Waals surface area contributed by atoms with Crippen LogP contribution in [0.25, 0.3) is 0 Å². The lowest BCUT2D eigenvalue weighted by Crippen LogP contribution is -2.17. The SMILES string of the molecule is O=C1C=CC(S(F)(F)(F)(F)F)=CC1=O. The van der Waals surface area contributed by atoms with Gasteiger partial charge < -0.3 is 0 Å². The monoisotopic (exact) mass is 234 g/mol. The number of hydrogen-bond acceptors (Lipinski definition) is 2. The maximum atomic E-state index is 12.0. The Balaban J connectivity index is 3.31. The summed E-state index contributed by atoms with van der Waals surface area (Å²) in [4.78, 5) is 18.5. The van der Waals surface area contributed by atoms with Gasteiger partial charge in [-0.15, -0.1) is 0 Å². The van der Waals surface area contributed by atoms with Crippen LogP contribution in [0.4, 0.5) is 19.4 Å². The van der Waals surface area contributed by atoms with Gasteiger partial charge in [-0.1, -0.05) is 19.4 Å². The van der Waals surface area contributed by atoms with Gasteiger partial charge in [-0.3, -0.25) is 9.59 Å². The zero-order chi connectivity index (χ0) is 11.3. The van der Waals surface area contributed by atoms with Crippen LogP contribution >= 0.6 is 10.2 Å². The number of ketones is 2. The van der Waals surface area contributed by atoms with Crippen molar-refractivity contribution >= 4 is 21.8 Å². The summed E-state index contributed by atoms with van der Waals surface area (Å²) in [6.45, 7) is 0. The van der Waals surface area contributed by atoms with Crippen LogP contribution in [0.1, 0.15) is 0 Å². The number of carbonyl (C=O) groups is 2. The van der Waals surface area contributed by atoms with Crippen molar-refractivity contribution in [1.82, 2.24) is 0 Å². The molecule has 0 spiro atoms. The van der Waals surface area contributed by atoms with Crippen molar-refractivity contribution in [1.29, 1.82) is 0 Å². The van der Waals surface area contributed by atoms with Gasteiger partial charge in [-0.25, -0.2) is 0 Å². The summed E-state index contributed by atoms with van der Waals surface area (Å²) >= 11 is 0. The van der Waals surface area contributed by atoms with Crippen LogP contribution in [0.15, 0.2) is 23.1 Å². The zero-order valence-corrected chi connectivity index (χ0v) is 7.16. The Morgan fingerprint density at radius 3 is 1.71 bits per heavy atom. The number of rotatable bonds is 1. The number of carbonyl (C=O) groups excluding carboxylic acids is 2. The molecule has 0 radical (unpaired) electrons. The van der Waals surface area contributed by atoms with Gasteiger partial charge in [0.1, 0.15) is 4.91 Å². The quantitative estimate of drug-likeness (QED) is 0.397. The Morgan fingerprint density at radius 2 is 1.36 bits per heavy atom. The standard InChI is InChI=1S/C6H3F5O2S/c7-14(8,9,10,11)4-1-2-5(12)6(13)3-4/h1-3H. The minimum atomic E-state index is -9.83. The van der Waals surface area contributed by atoms with Gasteiger partial charge >= 0.3 is 10.2 Å². The summed E-state index contributed by atoms with van der Waals surface area (Å²) in [7, 11) is -9.83. The molecule has 0 saturated carbocycles. The second-order valence-electron chi connectivity index (χ2n) is 2.58. The third-order valence-corrected chi connectivity index (χ3v) is 2.51. The van der Waals surface area contributed by atoms with E-state index in [1.54, 1.807) is 0 Å². The fraction of sp³-hybridized carbons (Fsp3) is 0. The van der Waals surface area contributed by atoms with E-state index in [0.29, 0.717) is 0 Å². The molecule has 1 aliphatic carbocycles. The Labute approximate surface area is 74.8 Å². The van der Waals surface area contributed by atoms with Gasteiger partial charge in [-0.2, -0.15) is 0 Å². The predicted octanol–water partition coefficient (Wildman–Crippen LogP) is 2.88. The normalized spacial score (nSPS) is 22.8.